The number of hydrogen-bond donors (Lipinski definition) is 2. The van der Waals surface area contributed by atoms with Gasteiger partial charge in [-0.1, -0.05) is 0 Å². The van der Waals surface area contributed by atoms with E-state index in [9.17, 15) is 4.79 Å². The molecule has 0 amide bonds. The fraction of sp³-hybridized carbons (Fsp3) is 0.455. The summed E-state index contributed by atoms with van der Waals surface area (Å²) in [4.78, 5) is 17.0. The van der Waals surface area contributed by atoms with Gasteiger partial charge in [-0.05, 0) is 12.5 Å². The molecule has 0 bridgehead atoms. The fourth-order valence-corrected chi connectivity index (χ4v) is 2.02. The Morgan fingerprint density at radius 1 is 1.62 bits per heavy atom. The summed E-state index contributed by atoms with van der Waals surface area (Å²) in [6.45, 7) is 1.62. The Hall–Kier alpha value is -1.62. The predicted octanol–water partition coefficient (Wildman–Crippen LogP) is 0.598. The van der Waals surface area contributed by atoms with E-state index >= 15 is 0 Å². The zero-order valence-corrected chi connectivity index (χ0v) is 8.83. The van der Waals surface area contributed by atoms with E-state index in [0.29, 0.717) is 12.2 Å². The van der Waals surface area contributed by atoms with Gasteiger partial charge in [-0.25, -0.2) is 4.79 Å². The summed E-state index contributed by atoms with van der Waals surface area (Å²) in [6, 6.07) is 1.50. The van der Waals surface area contributed by atoms with E-state index in [-0.39, 0.29) is 18.1 Å². The number of hydrogen-bond acceptors (Lipinski definition) is 4. The average molecular weight is 222 g/mol. The lowest BCUT2D eigenvalue weighted by molar-refractivity contribution is 0.0697. The molecule has 0 saturated carbocycles. The first-order valence-corrected chi connectivity index (χ1v) is 5.25. The molecule has 2 rings (SSSR count). The Labute approximate surface area is 93.3 Å². The number of anilines is 1. The smallest absolute Gasteiger partial charge is 0.337 e. The second-order valence-electron chi connectivity index (χ2n) is 3.98. The van der Waals surface area contributed by atoms with Gasteiger partial charge in [0.25, 0.3) is 0 Å². The minimum absolute atomic E-state index is 0.152. The molecule has 2 N–H and O–H groups in total. The van der Waals surface area contributed by atoms with E-state index in [1.807, 2.05) is 4.90 Å². The van der Waals surface area contributed by atoms with Gasteiger partial charge in [0.05, 0.1) is 17.4 Å². The van der Waals surface area contributed by atoms with Crippen LogP contribution in [0.15, 0.2) is 18.5 Å². The predicted molar refractivity (Wildman–Crippen MR) is 58.6 cm³/mol. The second-order valence-corrected chi connectivity index (χ2v) is 3.98. The maximum atomic E-state index is 11.0. The van der Waals surface area contributed by atoms with Gasteiger partial charge in [0, 0.05) is 31.8 Å². The van der Waals surface area contributed by atoms with Gasteiger partial charge >= 0.3 is 5.97 Å². The van der Waals surface area contributed by atoms with Crippen LogP contribution in [-0.4, -0.2) is 40.9 Å². The van der Waals surface area contributed by atoms with Crippen molar-refractivity contribution in [2.75, 3.05) is 24.6 Å². The Kier molecular flexibility index (Phi) is 3.05. The van der Waals surface area contributed by atoms with Crippen molar-refractivity contribution in [3.63, 3.8) is 0 Å². The van der Waals surface area contributed by atoms with E-state index < -0.39 is 5.97 Å². The van der Waals surface area contributed by atoms with Crippen molar-refractivity contribution in [3.8, 4) is 0 Å². The first-order valence-electron chi connectivity index (χ1n) is 5.25. The highest BCUT2D eigenvalue weighted by Crippen LogP contribution is 2.26. The normalized spacial score (nSPS) is 20.1. The number of aromatic carboxylic acids is 1. The van der Waals surface area contributed by atoms with Crippen LogP contribution in [0.25, 0.3) is 0 Å². The summed E-state index contributed by atoms with van der Waals surface area (Å²) in [5, 5.41) is 18.1. The zero-order valence-electron chi connectivity index (χ0n) is 8.83. The van der Waals surface area contributed by atoms with Crippen molar-refractivity contribution in [3.05, 3.63) is 24.0 Å². The second kappa shape index (κ2) is 4.49. The summed E-state index contributed by atoms with van der Waals surface area (Å²) in [5.41, 5.74) is 0.916. The lowest BCUT2D eigenvalue weighted by Gasteiger charge is -2.19. The molecule has 1 aliphatic rings. The molecular formula is C11H14N2O3. The Balaban J connectivity index is 2.24. The number of aliphatic hydroxyl groups is 1. The molecule has 1 unspecified atom stereocenters. The van der Waals surface area contributed by atoms with Crippen molar-refractivity contribution in [2.45, 2.75) is 6.42 Å². The third kappa shape index (κ3) is 1.99. The van der Waals surface area contributed by atoms with Gasteiger partial charge in [-0.15, -0.1) is 0 Å². The van der Waals surface area contributed by atoms with Crippen molar-refractivity contribution in [1.82, 2.24) is 4.98 Å². The van der Waals surface area contributed by atoms with E-state index in [1.165, 1.54) is 12.3 Å². The standard InChI is InChI=1S/C11H14N2O3/c14-7-8-2-4-13(6-8)10-5-12-3-1-9(10)11(15)16/h1,3,5,8,14H,2,4,6-7H2,(H,15,16). The molecule has 5 nitrogen and oxygen atoms in total. The fourth-order valence-electron chi connectivity index (χ4n) is 2.02. The SMILES string of the molecule is O=C(O)c1ccncc1N1CCC(CO)C1. The number of nitrogens with zero attached hydrogens (tertiary/aromatic N) is 2. The lowest BCUT2D eigenvalue weighted by atomic mass is 10.1. The first kappa shape index (κ1) is 10.9. The molecule has 1 aromatic rings. The highest BCUT2D eigenvalue weighted by atomic mass is 16.4. The third-order valence-corrected chi connectivity index (χ3v) is 2.92. The first-order chi connectivity index (χ1) is 7.72. The van der Waals surface area contributed by atoms with Gasteiger partial charge < -0.3 is 15.1 Å². The molecule has 0 aliphatic carbocycles. The van der Waals surface area contributed by atoms with Crippen LogP contribution in [0.4, 0.5) is 5.69 Å². The summed E-state index contributed by atoms with van der Waals surface area (Å²) >= 11 is 0. The van der Waals surface area contributed by atoms with E-state index in [0.717, 1.165) is 13.0 Å². The Bertz CT molecular complexity index is 395. The number of aliphatic hydroxyl groups excluding tert-OH is 1. The van der Waals surface area contributed by atoms with Crippen LogP contribution in [0.2, 0.25) is 0 Å². The van der Waals surface area contributed by atoms with Crippen LogP contribution >= 0.6 is 0 Å². The van der Waals surface area contributed by atoms with Crippen LogP contribution in [0, 0.1) is 5.92 Å². The number of carbonyl (C=O) groups is 1. The molecule has 0 spiro atoms. The largest absolute Gasteiger partial charge is 0.478 e. The van der Waals surface area contributed by atoms with Gasteiger partial charge in [0.2, 0.25) is 0 Å². The van der Waals surface area contributed by atoms with Gasteiger partial charge in [-0.2, -0.15) is 0 Å². The molecule has 1 aliphatic heterocycles. The third-order valence-electron chi connectivity index (χ3n) is 2.92. The minimum Gasteiger partial charge on any atom is -0.478 e. The monoisotopic (exact) mass is 222 g/mol. The zero-order chi connectivity index (χ0) is 11.5. The molecule has 1 fully saturated rings. The molecular weight excluding hydrogens is 208 g/mol. The minimum atomic E-state index is -0.940. The average Bonchev–Trinajstić information content (AvgIpc) is 2.77. The van der Waals surface area contributed by atoms with E-state index in [4.69, 9.17) is 10.2 Å². The van der Waals surface area contributed by atoms with Crippen LogP contribution in [0.1, 0.15) is 16.8 Å². The molecule has 16 heavy (non-hydrogen) atoms. The molecule has 1 aromatic heterocycles. The molecule has 1 saturated heterocycles. The van der Waals surface area contributed by atoms with Crippen LogP contribution < -0.4 is 4.90 Å². The quantitative estimate of drug-likeness (QED) is 0.783. The number of carboxylic acids is 1. The number of aromatic nitrogens is 1. The molecule has 1 atom stereocenters. The number of pyridine rings is 1. The summed E-state index contributed by atoms with van der Waals surface area (Å²) in [7, 11) is 0. The van der Waals surface area contributed by atoms with Crippen LogP contribution in [0.5, 0.6) is 0 Å². The molecule has 2 heterocycles. The summed E-state index contributed by atoms with van der Waals surface area (Å²) < 4.78 is 0. The van der Waals surface area contributed by atoms with E-state index in [1.54, 1.807) is 6.20 Å². The maximum absolute atomic E-state index is 11.0. The van der Waals surface area contributed by atoms with Crippen molar-refractivity contribution in [1.29, 1.82) is 0 Å². The van der Waals surface area contributed by atoms with Gasteiger partial charge in [-0.3, -0.25) is 4.98 Å². The molecule has 0 radical (unpaired) electrons. The molecule has 86 valence electrons. The highest BCUT2D eigenvalue weighted by Gasteiger charge is 2.25. The van der Waals surface area contributed by atoms with Crippen LogP contribution in [-0.2, 0) is 0 Å². The highest BCUT2D eigenvalue weighted by molar-refractivity contribution is 5.94. The van der Waals surface area contributed by atoms with Crippen molar-refractivity contribution in [2.24, 2.45) is 5.92 Å². The van der Waals surface area contributed by atoms with Gasteiger partial charge in [0.1, 0.15) is 0 Å². The number of rotatable bonds is 3. The lowest BCUT2D eigenvalue weighted by Crippen LogP contribution is -2.23. The maximum Gasteiger partial charge on any atom is 0.337 e. The number of carboxylic acid groups (broad SMARTS) is 1. The Morgan fingerprint density at radius 2 is 2.44 bits per heavy atom. The molecule has 5 heteroatoms. The van der Waals surface area contributed by atoms with Crippen molar-refractivity contribution >= 4 is 11.7 Å². The molecule has 0 aromatic carbocycles. The summed E-state index contributed by atoms with van der Waals surface area (Å²) in [6.07, 6.45) is 3.94. The van der Waals surface area contributed by atoms with Gasteiger partial charge in [0.15, 0.2) is 0 Å². The van der Waals surface area contributed by atoms with E-state index in [2.05, 4.69) is 4.98 Å². The van der Waals surface area contributed by atoms with Crippen LogP contribution in [0.3, 0.4) is 0 Å². The Morgan fingerprint density at radius 3 is 3.06 bits per heavy atom. The topological polar surface area (TPSA) is 73.7 Å². The van der Waals surface area contributed by atoms with Crippen molar-refractivity contribution < 1.29 is 15.0 Å². The summed E-state index contributed by atoms with van der Waals surface area (Å²) in [5.74, 6) is -0.702.